The molecule has 1 aromatic carbocycles. The number of benzene rings is 1. The van der Waals surface area contributed by atoms with Crippen molar-refractivity contribution in [1.29, 1.82) is 0 Å². The summed E-state index contributed by atoms with van der Waals surface area (Å²) < 4.78 is 16.1. The fraction of sp³-hybridized carbons (Fsp3) is 0.500. The van der Waals surface area contributed by atoms with Gasteiger partial charge in [-0.25, -0.2) is 4.39 Å². The molecule has 1 aromatic heterocycles. The number of H-pyrrole nitrogens is 1. The van der Waals surface area contributed by atoms with Gasteiger partial charge in [-0.3, -0.25) is 0 Å². The van der Waals surface area contributed by atoms with Crippen molar-refractivity contribution in [3.63, 3.8) is 0 Å². The van der Waals surface area contributed by atoms with Crippen LogP contribution >= 0.6 is 12.2 Å². The number of imidazole rings is 1. The van der Waals surface area contributed by atoms with Gasteiger partial charge in [0.2, 0.25) is 0 Å². The number of nitrogens with zero attached hydrogens (tertiary/aromatic N) is 1. The Morgan fingerprint density at radius 3 is 2.83 bits per heavy atom. The summed E-state index contributed by atoms with van der Waals surface area (Å²) in [4.78, 5) is 3.16. The van der Waals surface area contributed by atoms with E-state index in [2.05, 4.69) is 16.5 Å². The van der Waals surface area contributed by atoms with E-state index in [1.54, 1.807) is 12.1 Å². The molecule has 1 fully saturated rings. The molecule has 1 saturated carbocycles. The van der Waals surface area contributed by atoms with Crippen molar-refractivity contribution in [2.24, 2.45) is 5.41 Å². The Morgan fingerprint density at radius 2 is 2.11 bits per heavy atom. The predicted molar refractivity (Wildman–Crippen MR) is 73.7 cm³/mol. The summed E-state index contributed by atoms with van der Waals surface area (Å²) in [5.41, 5.74) is 2.11. The van der Waals surface area contributed by atoms with Crippen LogP contribution in [0.4, 0.5) is 4.39 Å². The van der Waals surface area contributed by atoms with Crippen LogP contribution in [0.1, 0.15) is 32.6 Å². The maximum absolute atomic E-state index is 13.4. The lowest BCUT2D eigenvalue weighted by Gasteiger charge is -2.24. The third-order valence-electron chi connectivity index (χ3n) is 4.09. The second-order valence-electron chi connectivity index (χ2n) is 5.70. The summed E-state index contributed by atoms with van der Waals surface area (Å²) in [5, 5.41) is 0. The Hall–Kier alpha value is -1.16. The Kier molecular flexibility index (Phi) is 2.77. The lowest BCUT2D eigenvalue weighted by molar-refractivity contribution is 0.284. The molecule has 1 N–H and O–H groups in total. The van der Waals surface area contributed by atoms with Gasteiger partial charge in [-0.2, -0.15) is 0 Å². The monoisotopic (exact) mass is 264 g/mol. The normalized spacial score (nSPS) is 18.6. The maximum Gasteiger partial charge on any atom is 0.178 e. The van der Waals surface area contributed by atoms with Crippen LogP contribution in [0, 0.1) is 16.0 Å². The van der Waals surface area contributed by atoms with Gasteiger partial charge < -0.3 is 9.55 Å². The molecule has 0 radical (unpaired) electrons. The van der Waals surface area contributed by atoms with Crippen molar-refractivity contribution in [1.82, 2.24) is 9.55 Å². The summed E-state index contributed by atoms with van der Waals surface area (Å²) >= 11 is 5.37. The molecule has 1 heterocycles. The van der Waals surface area contributed by atoms with E-state index in [0.29, 0.717) is 10.2 Å². The van der Waals surface area contributed by atoms with Crippen LogP contribution < -0.4 is 0 Å². The van der Waals surface area contributed by atoms with Crippen molar-refractivity contribution in [2.75, 3.05) is 0 Å². The third kappa shape index (κ3) is 1.99. The zero-order chi connectivity index (χ0) is 12.8. The van der Waals surface area contributed by atoms with Gasteiger partial charge in [0, 0.05) is 6.54 Å². The minimum Gasteiger partial charge on any atom is -0.331 e. The summed E-state index contributed by atoms with van der Waals surface area (Å²) in [6.07, 6.45) is 5.05. The van der Waals surface area contributed by atoms with Crippen molar-refractivity contribution < 1.29 is 4.39 Å². The predicted octanol–water partition coefficient (Wildman–Crippen LogP) is 4.42. The van der Waals surface area contributed by atoms with Gasteiger partial charge in [0.25, 0.3) is 0 Å². The molecular weight excluding hydrogens is 247 g/mol. The molecule has 0 atom stereocenters. The number of halogens is 1. The number of aromatic nitrogens is 2. The lowest BCUT2D eigenvalue weighted by Crippen LogP contribution is -2.19. The van der Waals surface area contributed by atoms with Crippen LogP contribution in [0.3, 0.4) is 0 Å². The number of hydrogen-bond donors (Lipinski definition) is 1. The van der Waals surface area contributed by atoms with E-state index >= 15 is 0 Å². The Bertz CT molecular complexity index is 635. The summed E-state index contributed by atoms with van der Waals surface area (Å²) in [6, 6.07) is 4.79. The fourth-order valence-electron chi connectivity index (χ4n) is 3.05. The molecule has 2 nitrogen and oxygen atoms in total. The van der Waals surface area contributed by atoms with Gasteiger partial charge in [0.1, 0.15) is 5.82 Å². The maximum atomic E-state index is 13.4. The number of nitrogens with one attached hydrogen (secondary N) is 1. The van der Waals surface area contributed by atoms with Gasteiger partial charge in [0.15, 0.2) is 4.77 Å². The first-order chi connectivity index (χ1) is 8.57. The van der Waals surface area contributed by atoms with E-state index < -0.39 is 0 Å². The van der Waals surface area contributed by atoms with E-state index in [9.17, 15) is 4.39 Å². The largest absolute Gasteiger partial charge is 0.331 e. The van der Waals surface area contributed by atoms with Crippen molar-refractivity contribution in [3.05, 3.63) is 28.8 Å². The van der Waals surface area contributed by atoms with Crippen LogP contribution in [-0.2, 0) is 6.54 Å². The van der Waals surface area contributed by atoms with Crippen molar-refractivity contribution >= 4 is 23.3 Å². The molecule has 1 aliphatic carbocycles. The molecule has 0 unspecified atom stereocenters. The van der Waals surface area contributed by atoms with Gasteiger partial charge in [-0.05, 0) is 48.7 Å². The SMILES string of the molecule is CC1(Cn2c(=S)[nH]c3ccc(F)cc32)CCCC1. The van der Waals surface area contributed by atoms with Crippen LogP contribution in [0.5, 0.6) is 0 Å². The van der Waals surface area contributed by atoms with Crippen LogP contribution in [-0.4, -0.2) is 9.55 Å². The fourth-order valence-corrected chi connectivity index (χ4v) is 3.32. The van der Waals surface area contributed by atoms with Crippen molar-refractivity contribution in [3.8, 4) is 0 Å². The molecule has 0 saturated heterocycles. The van der Waals surface area contributed by atoms with Gasteiger partial charge in [-0.1, -0.05) is 19.8 Å². The lowest BCUT2D eigenvalue weighted by atomic mass is 9.89. The molecule has 2 aromatic rings. The molecule has 4 heteroatoms. The Morgan fingerprint density at radius 1 is 1.39 bits per heavy atom. The highest BCUT2D eigenvalue weighted by atomic mass is 32.1. The minimum atomic E-state index is -0.207. The first-order valence-corrected chi connectivity index (χ1v) is 6.86. The van der Waals surface area contributed by atoms with E-state index in [-0.39, 0.29) is 5.82 Å². The molecule has 18 heavy (non-hydrogen) atoms. The topological polar surface area (TPSA) is 20.7 Å². The van der Waals surface area contributed by atoms with Gasteiger partial charge in [-0.15, -0.1) is 0 Å². The first-order valence-electron chi connectivity index (χ1n) is 6.46. The van der Waals surface area contributed by atoms with E-state index in [1.807, 2.05) is 0 Å². The highest BCUT2D eigenvalue weighted by Gasteiger charge is 2.29. The summed E-state index contributed by atoms with van der Waals surface area (Å²) in [6.45, 7) is 3.19. The quantitative estimate of drug-likeness (QED) is 0.796. The highest BCUT2D eigenvalue weighted by Crippen LogP contribution is 2.39. The van der Waals surface area contributed by atoms with Crippen molar-refractivity contribution in [2.45, 2.75) is 39.2 Å². The molecule has 0 amide bonds. The van der Waals surface area contributed by atoms with Crippen LogP contribution in [0.25, 0.3) is 11.0 Å². The zero-order valence-corrected chi connectivity index (χ0v) is 11.3. The molecule has 1 aliphatic rings. The average Bonchev–Trinajstić information content (AvgIpc) is 2.86. The van der Waals surface area contributed by atoms with E-state index in [0.717, 1.165) is 17.6 Å². The van der Waals surface area contributed by atoms with Crippen LogP contribution in [0.2, 0.25) is 0 Å². The minimum absolute atomic E-state index is 0.207. The molecule has 0 spiro atoms. The van der Waals surface area contributed by atoms with Gasteiger partial charge >= 0.3 is 0 Å². The number of rotatable bonds is 2. The van der Waals surface area contributed by atoms with E-state index in [1.165, 1.54) is 31.7 Å². The smallest absolute Gasteiger partial charge is 0.178 e. The second kappa shape index (κ2) is 4.19. The number of hydrogen-bond acceptors (Lipinski definition) is 1. The highest BCUT2D eigenvalue weighted by molar-refractivity contribution is 7.71. The number of aromatic amines is 1. The number of fused-ring (bicyclic) bond motifs is 1. The van der Waals surface area contributed by atoms with E-state index in [4.69, 9.17) is 12.2 Å². The summed E-state index contributed by atoms with van der Waals surface area (Å²) in [7, 11) is 0. The molecule has 0 aliphatic heterocycles. The Balaban J connectivity index is 2.08. The van der Waals surface area contributed by atoms with Crippen LogP contribution in [0.15, 0.2) is 18.2 Å². The zero-order valence-electron chi connectivity index (χ0n) is 10.5. The first kappa shape index (κ1) is 11.9. The molecule has 3 rings (SSSR count). The second-order valence-corrected chi connectivity index (χ2v) is 6.08. The Labute approximate surface area is 111 Å². The molecule has 0 bridgehead atoms. The molecular formula is C14H17FN2S. The standard InChI is InChI=1S/C14H17FN2S/c1-14(6-2-3-7-14)9-17-12-8-10(15)4-5-11(12)16-13(17)18/h4-5,8H,2-3,6-7,9H2,1H3,(H,16,18). The van der Waals surface area contributed by atoms with Gasteiger partial charge in [0.05, 0.1) is 11.0 Å². The molecule has 96 valence electrons. The third-order valence-corrected chi connectivity index (χ3v) is 4.41. The average molecular weight is 264 g/mol. The summed E-state index contributed by atoms with van der Waals surface area (Å²) in [5.74, 6) is -0.207.